The molecule has 3 rings (SSSR count). The SMILES string of the molecule is O=C(c1ccccc1S(=O)(=O)C(F)F)N1CCSC1c1ccc([N+](=O)[O-])cc1. The zero-order chi connectivity index (χ0) is 20.5. The van der Waals surface area contributed by atoms with Gasteiger partial charge in [0.2, 0.25) is 9.84 Å². The van der Waals surface area contributed by atoms with Gasteiger partial charge in [0, 0.05) is 24.4 Å². The van der Waals surface area contributed by atoms with Crippen molar-refractivity contribution >= 4 is 33.2 Å². The first-order chi connectivity index (χ1) is 13.2. The highest BCUT2D eigenvalue weighted by atomic mass is 32.2. The number of alkyl halides is 2. The Morgan fingerprint density at radius 1 is 1.18 bits per heavy atom. The number of amides is 1. The van der Waals surface area contributed by atoms with E-state index in [1.54, 1.807) is 0 Å². The van der Waals surface area contributed by atoms with Crippen molar-refractivity contribution in [3.8, 4) is 0 Å². The second kappa shape index (κ2) is 7.84. The topological polar surface area (TPSA) is 97.6 Å². The Morgan fingerprint density at radius 2 is 1.82 bits per heavy atom. The molecule has 1 atom stereocenters. The van der Waals surface area contributed by atoms with Gasteiger partial charge in [0.25, 0.3) is 11.6 Å². The predicted octanol–water partition coefficient (Wildman–Crippen LogP) is 3.48. The summed E-state index contributed by atoms with van der Waals surface area (Å²) in [6.07, 6.45) is 0. The van der Waals surface area contributed by atoms with Gasteiger partial charge < -0.3 is 4.90 Å². The maximum absolute atomic E-state index is 13.0. The molecule has 1 aliphatic heterocycles. The molecule has 11 heteroatoms. The highest BCUT2D eigenvalue weighted by Gasteiger charge is 2.36. The molecule has 148 valence electrons. The van der Waals surface area contributed by atoms with E-state index in [1.807, 2.05) is 0 Å². The third-order valence-corrected chi connectivity index (χ3v) is 6.90. The molecule has 1 aliphatic rings. The number of nitro groups is 1. The van der Waals surface area contributed by atoms with Crippen molar-refractivity contribution in [3.05, 3.63) is 69.8 Å². The van der Waals surface area contributed by atoms with Crippen molar-refractivity contribution in [2.45, 2.75) is 16.0 Å². The molecule has 1 unspecified atom stereocenters. The molecule has 1 fully saturated rings. The number of rotatable bonds is 5. The van der Waals surface area contributed by atoms with Crippen molar-refractivity contribution in [1.29, 1.82) is 0 Å². The minimum Gasteiger partial charge on any atom is -0.322 e. The van der Waals surface area contributed by atoms with Crippen molar-refractivity contribution in [1.82, 2.24) is 4.90 Å². The molecule has 1 heterocycles. The second-order valence-corrected chi connectivity index (χ2v) is 8.95. The van der Waals surface area contributed by atoms with E-state index in [0.717, 1.165) is 6.07 Å². The fourth-order valence-corrected chi connectivity index (χ4v) is 5.04. The Kier molecular flexibility index (Phi) is 5.66. The molecule has 0 spiro atoms. The summed E-state index contributed by atoms with van der Waals surface area (Å²) in [5.74, 6) is -3.77. The molecule has 0 aromatic heterocycles. The number of benzene rings is 2. The van der Waals surface area contributed by atoms with Gasteiger partial charge >= 0.3 is 5.76 Å². The van der Waals surface area contributed by atoms with E-state index in [4.69, 9.17) is 0 Å². The molecule has 0 aliphatic carbocycles. The van der Waals surface area contributed by atoms with Crippen LogP contribution < -0.4 is 0 Å². The molecule has 0 bridgehead atoms. The number of thioether (sulfide) groups is 1. The van der Waals surface area contributed by atoms with E-state index < -0.39 is 36.7 Å². The van der Waals surface area contributed by atoms with Crippen LogP contribution in [-0.2, 0) is 9.84 Å². The third kappa shape index (κ3) is 3.72. The highest BCUT2D eigenvalue weighted by Crippen LogP contribution is 2.40. The highest BCUT2D eigenvalue weighted by molar-refractivity contribution is 7.99. The number of halogens is 2. The summed E-state index contributed by atoms with van der Waals surface area (Å²) < 4.78 is 49.9. The number of nitro benzene ring substituents is 1. The van der Waals surface area contributed by atoms with Crippen LogP contribution in [0.4, 0.5) is 14.5 Å². The van der Waals surface area contributed by atoms with E-state index in [2.05, 4.69) is 0 Å². The van der Waals surface area contributed by atoms with Crippen molar-refractivity contribution in [2.75, 3.05) is 12.3 Å². The molecule has 28 heavy (non-hydrogen) atoms. The number of carbonyl (C=O) groups excluding carboxylic acids is 1. The Hall–Kier alpha value is -2.53. The lowest BCUT2D eigenvalue weighted by molar-refractivity contribution is -0.384. The van der Waals surface area contributed by atoms with Gasteiger partial charge in [-0.2, -0.15) is 8.78 Å². The molecule has 7 nitrogen and oxygen atoms in total. The van der Waals surface area contributed by atoms with Crippen LogP contribution in [0.1, 0.15) is 21.3 Å². The molecule has 2 aromatic carbocycles. The first-order valence-electron chi connectivity index (χ1n) is 8.01. The average Bonchev–Trinajstić information content (AvgIpc) is 3.17. The molecular weight excluding hydrogens is 414 g/mol. The molecule has 0 radical (unpaired) electrons. The number of carbonyl (C=O) groups is 1. The summed E-state index contributed by atoms with van der Waals surface area (Å²) in [5.41, 5.74) is 0.200. The van der Waals surface area contributed by atoms with Gasteiger partial charge in [0.15, 0.2) is 0 Å². The van der Waals surface area contributed by atoms with E-state index in [9.17, 15) is 32.1 Å². The lowest BCUT2D eigenvalue weighted by Gasteiger charge is -2.25. The van der Waals surface area contributed by atoms with Gasteiger partial charge in [-0.25, -0.2) is 8.42 Å². The summed E-state index contributed by atoms with van der Waals surface area (Å²) in [6, 6.07) is 10.5. The minimum absolute atomic E-state index is 0.0991. The van der Waals surface area contributed by atoms with Crippen molar-refractivity contribution < 1.29 is 26.9 Å². The minimum atomic E-state index is -4.94. The van der Waals surface area contributed by atoms with Gasteiger partial charge in [0.1, 0.15) is 5.37 Å². The van der Waals surface area contributed by atoms with Crippen LogP contribution in [0.2, 0.25) is 0 Å². The largest absolute Gasteiger partial charge is 0.341 e. The normalized spacial score (nSPS) is 17.1. The maximum atomic E-state index is 13.0. The maximum Gasteiger partial charge on any atom is 0.341 e. The van der Waals surface area contributed by atoms with E-state index >= 15 is 0 Å². The number of non-ortho nitro benzene ring substituents is 1. The quantitative estimate of drug-likeness (QED) is 0.534. The standard InChI is InChI=1S/C17H14F2N2O5S2/c18-17(19)28(25,26)14-4-2-1-3-13(14)15(22)20-9-10-27-16(20)11-5-7-12(8-6-11)21(23)24/h1-8,16-17H,9-10H2. The Morgan fingerprint density at radius 3 is 2.43 bits per heavy atom. The lowest BCUT2D eigenvalue weighted by atomic mass is 10.1. The Bertz CT molecular complexity index is 1010. The lowest BCUT2D eigenvalue weighted by Crippen LogP contribution is -2.32. The van der Waals surface area contributed by atoms with Crippen LogP contribution in [0, 0.1) is 10.1 Å². The Balaban J connectivity index is 1.96. The predicted molar refractivity (Wildman–Crippen MR) is 99.0 cm³/mol. The zero-order valence-electron chi connectivity index (χ0n) is 14.2. The summed E-state index contributed by atoms with van der Waals surface area (Å²) >= 11 is 1.40. The van der Waals surface area contributed by atoms with E-state index in [1.165, 1.54) is 59.1 Å². The molecule has 0 saturated carbocycles. The first-order valence-corrected chi connectivity index (χ1v) is 10.6. The number of sulfone groups is 1. The first kappa shape index (κ1) is 20.2. The zero-order valence-corrected chi connectivity index (χ0v) is 15.8. The van der Waals surface area contributed by atoms with Crippen LogP contribution >= 0.6 is 11.8 Å². The molecule has 1 saturated heterocycles. The van der Waals surface area contributed by atoms with Crippen LogP contribution in [-0.4, -0.2) is 42.2 Å². The molecule has 1 amide bonds. The van der Waals surface area contributed by atoms with Crippen LogP contribution in [0.15, 0.2) is 53.4 Å². The summed E-state index contributed by atoms with van der Waals surface area (Å²) in [4.78, 5) is 23.9. The van der Waals surface area contributed by atoms with Crippen molar-refractivity contribution in [3.63, 3.8) is 0 Å². The monoisotopic (exact) mass is 428 g/mol. The second-order valence-electron chi connectivity index (χ2n) is 5.87. The third-order valence-electron chi connectivity index (χ3n) is 4.20. The van der Waals surface area contributed by atoms with Gasteiger partial charge in [0.05, 0.1) is 15.4 Å². The number of nitrogens with zero attached hydrogens (tertiary/aromatic N) is 2. The average molecular weight is 428 g/mol. The van der Waals surface area contributed by atoms with Gasteiger partial charge in [-0.3, -0.25) is 14.9 Å². The van der Waals surface area contributed by atoms with Crippen LogP contribution in [0.5, 0.6) is 0 Å². The van der Waals surface area contributed by atoms with E-state index in [0.29, 0.717) is 11.3 Å². The number of hydrogen-bond donors (Lipinski definition) is 0. The van der Waals surface area contributed by atoms with Crippen LogP contribution in [0.3, 0.4) is 0 Å². The van der Waals surface area contributed by atoms with Gasteiger partial charge in [-0.05, 0) is 29.8 Å². The fraction of sp³-hybridized carbons (Fsp3) is 0.235. The number of hydrogen-bond acceptors (Lipinski definition) is 6. The molecular formula is C17H14F2N2O5S2. The summed E-state index contributed by atoms with van der Waals surface area (Å²) in [7, 11) is -4.94. The van der Waals surface area contributed by atoms with Crippen LogP contribution in [0.25, 0.3) is 0 Å². The summed E-state index contributed by atoms with van der Waals surface area (Å²) in [6.45, 7) is 0.286. The smallest absolute Gasteiger partial charge is 0.322 e. The van der Waals surface area contributed by atoms with Gasteiger partial charge in [-0.1, -0.05) is 12.1 Å². The van der Waals surface area contributed by atoms with Gasteiger partial charge in [-0.15, -0.1) is 11.8 Å². The molecule has 0 N–H and O–H groups in total. The van der Waals surface area contributed by atoms with E-state index in [-0.39, 0.29) is 17.8 Å². The Labute approximate surface area is 163 Å². The molecule has 2 aromatic rings. The summed E-state index contributed by atoms with van der Waals surface area (Å²) in [5, 5.41) is 10.3. The van der Waals surface area contributed by atoms with Crippen molar-refractivity contribution in [2.24, 2.45) is 0 Å². The fourth-order valence-electron chi connectivity index (χ4n) is 2.86.